The molecule has 1 fully saturated rings. The molecule has 3 N–H and O–H groups in total. The van der Waals surface area contributed by atoms with Crippen LogP contribution < -0.4 is 11.1 Å². The Morgan fingerprint density at radius 3 is 2.95 bits per heavy atom. The summed E-state index contributed by atoms with van der Waals surface area (Å²) < 4.78 is 1.65. The van der Waals surface area contributed by atoms with Crippen molar-refractivity contribution in [3.05, 3.63) is 30.4 Å². The Morgan fingerprint density at radius 1 is 1.35 bits per heavy atom. The molecule has 1 aliphatic rings. The van der Waals surface area contributed by atoms with Gasteiger partial charge in [-0.3, -0.25) is 9.78 Å². The molecule has 0 spiro atoms. The quantitative estimate of drug-likeness (QED) is 0.873. The summed E-state index contributed by atoms with van der Waals surface area (Å²) in [7, 11) is 0. The molecule has 6 heteroatoms. The van der Waals surface area contributed by atoms with Gasteiger partial charge in [-0.1, -0.05) is 0 Å². The Kier molecular flexibility index (Phi) is 3.64. The third-order valence-electron chi connectivity index (χ3n) is 4.01. The first-order valence-electron chi connectivity index (χ1n) is 7.05. The first kappa shape index (κ1) is 13.1. The van der Waals surface area contributed by atoms with E-state index in [1.165, 1.54) is 0 Å². The summed E-state index contributed by atoms with van der Waals surface area (Å²) in [4.78, 5) is 16.2. The number of fused-ring (bicyclic) bond motifs is 1. The molecule has 20 heavy (non-hydrogen) atoms. The van der Waals surface area contributed by atoms with Crippen LogP contribution in [-0.4, -0.2) is 33.1 Å². The van der Waals surface area contributed by atoms with Crippen LogP contribution >= 0.6 is 0 Å². The minimum atomic E-state index is -0.0807. The maximum atomic E-state index is 12.2. The number of hydrogen-bond acceptors (Lipinski definition) is 4. The Morgan fingerprint density at radius 2 is 2.15 bits per heavy atom. The molecular formula is C14H19N5O. The SMILES string of the molecule is NC1CCC(CNC(=O)c2cnn3ccncc23)CC1. The van der Waals surface area contributed by atoms with Crippen LogP contribution in [-0.2, 0) is 0 Å². The minimum Gasteiger partial charge on any atom is -0.352 e. The highest BCUT2D eigenvalue weighted by molar-refractivity contribution is 6.00. The zero-order valence-corrected chi connectivity index (χ0v) is 11.3. The van der Waals surface area contributed by atoms with Crippen LogP contribution in [0.4, 0.5) is 0 Å². The topological polar surface area (TPSA) is 85.3 Å². The van der Waals surface area contributed by atoms with E-state index in [0.717, 1.165) is 31.2 Å². The van der Waals surface area contributed by atoms with E-state index in [9.17, 15) is 4.79 Å². The van der Waals surface area contributed by atoms with Gasteiger partial charge in [0.15, 0.2) is 0 Å². The molecule has 2 aromatic heterocycles. The lowest BCUT2D eigenvalue weighted by atomic mass is 9.86. The summed E-state index contributed by atoms with van der Waals surface area (Å²) in [6, 6.07) is 0.340. The molecule has 1 aliphatic carbocycles. The van der Waals surface area contributed by atoms with E-state index < -0.39 is 0 Å². The van der Waals surface area contributed by atoms with Crippen LogP contribution in [0.5, 0.6) is 0 Å². The highest BCUT2D eigenvalue weighted by Crippen LogP contribution is 2.22. The largest absolute Gasteiger partial charge is 0.352 e. The van der Waals surface area contributed by atoms with E-state index in [0.29, 0.717) is 24.1 Å². The molecule has 0 atom stereocenters. The minimum absolute atomic E-state index is 0.0807. The molecule has 0 radical (unpaired) electrons. The number of hydrogen-bond donors (Lipinski definition) is 2. The average molecular weight is 273 g/mol. The summed E-state index contributed by atoms with van der Waals surface area (Å²) in [5.41, 5.74) is 7.19. The number of nitrogens with one attached hydrogen (secondary N) is 1. The average Bonchev–Trinajstić information content (AvgIpc) is 2.90. The number of nitrogens with two attached hydrogens (primary N) is 1. The van der Waals surface area contributed by atoms with E-state index >= 15 is 0 Å². The smallest absolute Gasteiger partial charge is 0.255 e. The Labute approximate surface area is 117 Å². The highest BCUT2D eigenvalue weighted by atomic mass is 16.1. The second kappa shape index (κ2) is 5.58. The van der Waals surface area contributed by atoms with Crippen molar-refractivity contribution in [1.29, 1.82) is 0 Å². The van der Waals surface area contributed by atoms with Gasteiger partial charge in [-0.05, 0) is 31.6 Å². The highest BCUT2D eigenvalue weighted by Gasteiger charge is 2.20. The summed E-state index contributed by atoms with van der Waals surface area (Å²) in [5, 5.41) is 7.14. The van der Waals surface area contributed by atoms with Gasteiger partial charge in [0.1, 0.15) is 0 Å². The summed E-state index contributed by atoms with van der Waals surface area (Å²) in [6.07, 6.45) is 10.9. The van der Waals surface area contributed by atoms with Gasteiger partial charge >= 0.3 is 0 Å². The molecule has 0 aromatic carbocycles. The molecule has 0 bridgehead atoms. The van der Waals surface area contributed by atoms with Crippen molar-refractivity contribution in [3.8, 4) is 0 Å². The van der Waals surface area contributed by atoms with Gasteiger partial charge in [-0.15, -0.1) is 0 Å². The Bertz CT molecular complexity index is 600. The van der Waals surface area contributed by atoms with E-state index in [1.807, 2.05) is 0 Å². The standard InChI is InChI=1S/C14H19N5O/c15-11-3-1-10(2-4-11)7-17-14(20)12-8-18-19-6-5-16-9-13(12)19/h5-6,8-11H,1-4,7,15H2,(H,17,20). The van der Waals surface area contributed by atoms with Crippen LogP contribution in [0.25, 0.3) is 5.52 Å². The first-order chi connectivity index (χ1) is 9.74. The molecule has 1 amide bonds. The molecule has 0 unspecified atom stereocenters. The Balaban J connectivity index is 1.62. The summed E-state index contributed by atoms with van der Waals surface area (Å²) in [5.74, 6) is 0.460. The van der Waals surface area contributed by atoms with Gasteiger partial charge in [0.05, 0.1) is 23.5 Å². The summed E-state index contributed by atoms with van der Waals surface area (Å²) >= 11 is 0. The van der Waals surface area contributed by atoms with Gasteiger partial charge in [0.25, 0.3) is 5.91 Å². The number of aromatic nitrogens is 3. The second-order valence-corrected chi connectivity index (χ2v) is 5.46. The van der Waals surface area contributed by atoms with Crippen molar-refractivity contribution in [2.45, 2.75) is 31.7 Å². The fourth-order valence-electron chi connectivity index (χ4n) is 2.73. The molecule has 106 valence electrons. The fourth-order valence-corrected chi connectivity index (χ4v) is 2.73. The van der Waals surface area contributed by atoms with Crippen molar-refractivity contribution in [2.24, 2.45) is 11.7 Å². The van der Waals surface area contributed by atoms with Crippen molar-refractivity contribution >= 4 is 11.4 Å². The third-order valence-corrected chi connectivity index (χ3v) is 4.01. The Hall–Kier alpha value is -1.95. The molecule has 2 aromatic rings. The normalized spacial score (nSPS) is 22.9. The zero-order chi connectivity index (χ0) is 13.9. The maximum absolute atomic E-state index is 12.2. The molecule has 0 saturated heterocycles. The lowest BCUT2D eigenvalue weighted by molar-refractivity contribution is 0.0944. The number of amides is 1. The molecule has 0 aliphatic heterocycles. The number of rotatable bonds is 3. The van der Waals surface area contributed by atoms with E-state index in [1.54, 1.807) is 29.3 Å². The third kappa shape index (κ3) is 2.65. The van der Waals surface area contributed by atoms with E-state index in [2.05, 4.69) is 15.4 Å². The van der Waals surface area contributed by atoms with Gasteiger partial charge in [0.2, 0.25) is 0 Å². The van der Waals surface area contributed by atoms with Gasteiger partial charge < -0.3 is 11.1 Å². The van der Waals surface area contributed by atoms with Gasteiger partial charge in [0, 0.05) is 25.0 Å². The second-order valence-electron chi connectivity index (χ2n) is 5.46. The van der Waals surface area contributed by atoms with Crippen LogP contribution in [0.2, 0.25) is 0 Å². The van der Waals surface area contributed by atoms with Crippen molar-refractivity contribution in [1.82, 2.24) is 19.9 Å². The maximum Gasteiger partial charge on any atom is 0.255 e. The molecular weight excluding hydrogens is 254 g/mol. The van der Waals surface area contributed by atoms with Crippen LogP contribution in [0, 0.1) is 5.92 Å². The predicted molar refractivity (Wildman–Crippen MR) is 75.3 cm³/mol. The molecule has 1 saturated carbocycles. The number of carbonyl (C=O) groups is 1. The fraction of sp³-hybridized carbons (Fsp3) is 0.500. The van der Waals surface area contributed by atoms with E-state index in [-0.39, 0.29) is 5.91 Å². The molecule has 3 rings (SSSR count). The molecule has 6 nitrogen and oxygen atoms in total. The zero-order valence-electron chi connectivity index (χ0n) is 11.3. The van der Waals surface area contributed by atoms with Gasteiger partial charge in [-0.25, -0.2) is 4.52 Å². The summed E-state index contributed by atoms with van der Waals surface area (Å²) in [6.45, 7) is 0.711. The lowest BCUT2D eigenvalue weighted by Crippen LogP contribution is -2.34. The first-order valence-corrected chi connectivity index (χ1v) is 7.05. The van der Waals surface area contributed by atoms with Crippen molar-refractivity contribution in [2.75, 3.05) is 6.54 Å². The van der Waals surface area contributed by atoms with E-state index in [4.69, 9.17) is 5.73 Å². The number of carbonyl (C=O) groups excluding carboxylic acids is 1. The van der Waals surface area contributed by atoms with Gasteiger partial charge in [-0.2, -0.15) is 5.10 Å². The van der Waals surface area contributed by atoms with Crippen LogP contribution in [0.15, 0.2) is 24.8 Å². The number of nitrogens with zero attached hydrogens (tertiary/aromatic N) is 3. The van der Waals surface area contributed by atoms with Crippen molar-refractivity contribution < 1.29 is 4.79 Å². The monoisotopic (exact) mass is 273 g/mol. The lowest BCUT2D eigenvalue weighted by Gasteiger charge is -2.26. The molecule has 2 heterocycles. The van der Waals surface area contributed by atoms with Crippen molar-refractivity contribution in [3.63, 3.8) is 0 Å². The predicted octanol–water partition coefficient (Wildman–Crippen LogP) is 0.977. The van der Waals surface area contributed by atoms with Crippen LogP contribution in [0.3, 0.4) is 0 Å². The van der Waals surface area contributed by atoms with Crippen LogP contribution in [0.1, 0.15) is 36.0 Å².